The van der Waals surface area contributed by atoms with Crippen molar-refractivity contribution in [3.05, 3.63) is 30.5 Å². The van der Waals surface area contributed by atoms with Crippen molar-refractivity contribution in [1.29, 1.82) is 0 Å². The molecule has 0 spiro atoms. The van der Waals surface area contributed by atoms with Crippen LogP contribution in [-0.2, 0) is 9.53 Å². The van der Waals surface area contributed by atoms with Gasteiger partial charge in [0, 0.05) is 17.3 Å². The number of rotatable bonds is 3. The summed E-state index contributed by atoms with van der Waals surface area (Å²) in [5.74, 6) is 0.314. The summed E-state index contributed by atoms with van der Waals surface area (Å²) in [4.78, 5) is 15.6. The maximum Gasteiger partial charge on any atom is 0.328 e. The average Bonchev–Trinajstić information content (AvgIpc) is 2.37. The van der Waals surface area contributed by atoms with E-state index >= 15 is 0 Å². The van der Waals surface area contributed by atoms with Crippen molar-refractivity contribution in [3.63, 3.8) is 0 Å². The third-order valence-electron chi connectivity index (χ3n) is 2.70. The molecule has 5 heteroatoms. The molecule has 0 bridgehead atoms. The minimum absolute atomic E-state index is 0.329. The smallest absolute Gasteiger partial charge is 0.328 e. The Labute approximate surface area is 105 Å². The van der Waals surface area contributed by atoms with Crippen molar-refractivity contribution in [2.24, 2.45) is 0 Å². The molecule has 1 aromatic carbocycles. The zero-order valence-corrected chi connectivity index (χ0v) is 10.3. The summed E-state index contributed by atoms with van der Waals surface area (Å²) in [7, 11) is 1.36. The van der Waals surface area contributed by atoms with Gasteiger partial charge in [0.2, 0.25) is 0 Å². The Morgan fingerprint density at radius 3 is 2.94 bits per heavy atom. The largest absolute Gasteiger partial charge is 0.467 e. The second kappa shape index (κ2) is 4.91. The van der Waals surface area contributed by atoms with Crippen LogP contribution in [0.5, 0.6) is 0 Å². The van der Waals surface area contributed by atoms with Crippen LogP contribution in [0.3, 0.4) is 0 Å². The summed E-state index contributed by atoms with van der Waals surface area (Å²) in [5, 5.41) is 4.92. The molecule has 2 rings (SSSR count). The highest BCUT2D eigenvalue weighted by Crippen LogP contribution is 2.23. The number of benzene rings is 1. The van der Waals surface area contributed by atoms with E-state index < -0.39 is 6.04 Å². The van der Waals surface area contributed by atoms with Gasteiger partial charge in [-0.15, -0.1) is 0 Å². The Balaban J connectivity index is 2.36. The van der Waals surface area contributed by atoms with Gasteiger partial charge in [-0.1, -0.05) is 0 Å². The molecule has 1 heterocycles. The third kappa shape index (κ3) is 2.34. The van der Waals surface area contributed by atoms with Crippen molar-refractivity contribution >= 4 is 28.2 Å². The van der Waals surface area contributed by atoms with Gasteiger partial charge in [-0.05, 0) is 36.6 Å². The first-order valence-corrected chi connectivity index (χ1v) is 5.60. The normalized spacial score (nSPS) is 12.1. The van der Waals surface area contributed by atoms with E-state index in [2.05, 4.69) is 15.0 Å². The molecule has 0 aliphatic carbocycles. The quantitative estimate of drug-likeness (QED) is 0.636. The number of carbonyl (C=O) groups excluding carboxylic acids is 1. The van der Waals surface area contributed by atoms with Crippen LogP contribution in [0.4, 0.5) is 11.5 Å². The predicted molar refractivity (Wildman–Crippen MR) is 71.3 cm³/mol. The predicted octanol–water partition coefficient (Wildman–Crippen LogP) is 1.79. The standard InChI is InChI=1S/C13H15N3O2/c1-8(13(17)18-2)16-12-11-4-3-10(14)7-9(11)5-6-15-12/h3-8H,14H2,1-2H3,(H,15,16). The van der Waals surface area contributed by atoms with Gasteiger partial charge in [0.15, 0.2) is 0 Å². The highest BCUT2D eigenvalue weighted by atomic mass is 16.5. The van der Waals surface area contributed by atoms with Crippen LogP contribution in [0.2, 0.25) is 0 Å². The number of ether oxygens (including phenoxy) is 1. The van der Waals surface area contributed by atoms with E-state index in [1.807, 2.05) is 18.2 Å². The number of hydrogen-bond acceptors (Lipinski definition) is 5. The first-order valence-electron chi connectivity index (χ1n) is 5.60. The second-order valence-corrected chi connectivity index (χ2v) is 4.03. The van der Waals surface area contributed by atoms with Crippen LogP contribution in [-0.4, -0.2) is 24.1 Å². The molecule has 0 amide bonds. The fraction of sp³-hybridized carbons (Fsp3) is 0.231. The van der Waals surface area contributed by atoms with E-state index in [9.17, 15) is 4.79 Å². The fourth-order valence-corrected chi connectivity index (χ4v) is 1.75. The molecule has 5 nitrogen and oxygen atoms in total. The first-order chi connectivity index (χ1) is 8.61. The van der Waals surface area contributed by atoms with Crippen molar-refractivity contribution in [2.45, 2.75) is 13.0 Å². The number of methoxy groups -OCH3 is 1. The minimum atomic E-state index is -0.453. The SMILES string of the molecule is COC(=O)C(C)Nc1nccc2cc(N)ccc12. The lowest BCUT2D eigenvalue weighted by Crippen LogP contribution is -2.27. The Morgan fingerprint density at radius 2 is 2.22 bits per heavy atom. The van der Waals surface area contributed by atoms with Crippen LogP contribution >= 0.6 is 0 Å². The molecular weight excluding hydrogens is 230 g/mol. The van der Waals surface area contributed by atoms with E-state index in [0.717, 1.165) is 10.8 Å². The van der Waals surface area contributed by atoms with E-state index in [4.69, 9.17) is 5.73 Å². The molecule has 1 unspecified atom stereocenters. The summed E-state index contributed by atoms with van der Waals surface area (Å²) in [5.41, 5.74) is 6.43. The fourth-order valence-electron chi connectivity index (χ4n) is 1.75. The van der Waals surface area contributed by atoms with Crippen LogP contribution in [0, 0.1) is 0 Å². The van der Waals surface area contributed by atoms with E-state index in [0.29, 0.717) is 11.5 Å². The number of nitrogens with zero attached hydrogens (tertiary/aromatic N) is 1. The Bertz CT molecular complexity index is 583. The average molecular weight is 245 g/mol. The van der Waals surface area contributed by atoms with Gasteiger partial charge in [0.25, 0.3) is 0 Å². The van der Waals surface area contributed by atoms with Crippen LogP contribution in [0.15, 0.2) is 30.5 Å². The number of pyridine rings is 1. The number of nitrogen functional groups attached to an aromatic ring is 1. The molecule has 1 aromatic heterocycles. The lowest BCUT2D eigenvalue weighted by atomic mass is 10.1. The molecule has 3 N–H and O–H groups in total. The van der Waals surface area contributed by atoms with Crippen LogP contribution < -0.4 is 11.1 Å². The van der Waals surface area contributed by atoms with Crippen LogP contribution in [0.25, 0.3) is 10.8 Å². The number of nitrogens with one attached hydrogen (secondary N) is 1. The van der Waals surface area contributed by atoms with E-state index in [-0.39, 0.29) is 5.97 Å². The summed E-state index contributed by atoms with van der Waals surface area (Å²) in [6, 6.07) is 6.97. The van der Waals surface area contributed by atoms with Crippen molar-refractivity contribution < 1.29 is 9.53 Å². The zero-order chi connectivity index (χ0) is 13.1. The zero-order valence-electron chi connectivity index (χ0n) is 10.3. The molecule has 0 radical (unpaired) electrons. The van der Waals surface area contributed by atoms with Gasteiger partial charge in [-0.3, -0.25) is 0 Å². The number of carbonyl (C=O) groups is 1. The van der Waals surface area contributed by atoms with Crippen molar-refractivity contribution in [1.82, 2.24) is 4.98 Å². The van der Waals surface area contributed by atoms with Crippen molar-refractivity contribution in [2.75, 3.05) is 18.2 Å². The first kappa shape index (κ1) is 12.2. The number of aromatic nitrogens is 1. The molecule has 0 fully saturated rings. The highest BCUT2D eigenvalue weighted by Gasteiger charge is 2.14. The molecule has 94 valence electrons. The summed E-state index contributed by atoms with van der Waals surface area (Å²) in [6.07, 6.45) is 1.67. The molecule has 18 heavy (non-hydrogen) atoms. The van der Waals surface area contributed by atoms with Gasteiger partial charge in [-0.2, -0.15) is 0 Å². The number of fused-ring (bicyclic) bond motifs is 1. The van der Waals surface area contributed by atoms with E-state index in [1.165, 1.54) is 7.11 Å². The number of esters is 1. The summed E-state index contributed by atoms with van der Waals surface area (Å²) in [6.45, 7) is 1.73. The molecular formula is C13H15N3O2. The van der Waals surface area contributed by atoms with Gasteiger partial charge in [0.05, 0.1) is 7.11 Å². The lowest BCUT2D eigenvalue weighted by Gasteiger charge is -2.13. The Kier molecular flexibility index (Phi) is 3.32. The molecule has 0 saturated carbocycles. The van der Waals surface area contributed by atoms with Gasteiger partial charge < -0.3 is 15.8 Å². The van der Waals surface area contributed by atoms with Gasteiger partial charge in [-0.25, -0.2) is 9.78 Å². The topological polar surface area (TPSA) is 77.2 Å². The van der Waals surface area contributed by atoms with Crippen molar-refractivity contribution in [3.8, 4) is 0 Å². The van der Waals surface area contributed by atoms with Gasteiger partial charge in [0.1, 0.15) is 11.9 Å². The third-order valence-corrected chi connectivity index (χ3v) is 2.70. The molecule has 2 aromatic rings. The minimum Gasteiger partial charge on any atom is -0.467 e. The van der Waals surface area contributed by atoms with E-state index in [1.54, 1.807) is 19.2 Å². The molecule has 1 atom stereocenters. The summed E-state index contributed by atoms with van der Waals surface area (Å²) >= 11 is 0. The summed E-state index contributed by atoms with van der Waals surface area (Å²) < 4.78 is 4.67. The van der Waals surface area contributed by atoms with Gasteiger partial charge >= 0.3 is 5.97 Å². The molecule has 0 saturated heterocycles. The Morgan fingerprint density at radius 1 is 1.44 bits per heavy atom. The number of anilines is 2. The number of nitrogens with two attached hydrogens (primary N) is 1. The molecule has 0 aliphatic rings. The highest BCUT2D eigenvalue weighted by molar-refractivity contribution is 5.94. The second-order valence-electron chi connectivity index (χ2n) is 4.03. The lowest BCUT2D eigenvalue weighted by molar-refractivity contribution is -0.141. The maximum atomic E-state index is 11.4. The number of hydrogen-bond donors (Lipinski definition) is 2. The Hall–Kier alpha value is -2.30. The molecule has 0 aliphatic heterocycles. The maximum absolute atomic E-state index is 11.4. The van der Waals surface area contributed by atoms with Crippen LogP contribution in [0.1, 0.15) is 6.92 Å². The monoisotopic (exact) mass is 245 g/mol.